The molecule has 2 aromatic rings. The number of aromatic nitrogens is 1. The molecule has 0 spiro atoms. The van der Waals surface area contributed by atoms with Gasteiger partial charge in [-0.1, -0.05) is 6.07 Å². The van der Waals surface area contributed by atoms with E-state index in [0.717, 1.165) is 25.9 Å². The van der Waals surface area contributed by atoms with Gasteiger partial charge in [0.1, 0.15) is 11.4 Å². The Morgan fingerprint density at radius 3 is 2.88 bits per heavy atom. The Hall–Kier alpha value is -2.47. The number of carbonyl (C=O) groups is 1. The number of amides is 1. The van der Waals surface area contributed by atoms with Crippen molar-refractivity contribution in [2.75, 3.05) is 18.4 Å². The number of nitrogens with zero attached hydrogens (tertiary/aromatic N) is 1. The van der Waals surface area contributed by atoms with E-state index >= 15 is 0 Å². The summed E-state index contributed by atoms with van der Waals surface area (Å²) in [5, 5.41) is 6.01. The number of carbonyl (C=O) groups excluding carboxylic acids is 1. The van der Waals surface area contributed by atoms with Gasteiger partial charge in [-0.25, -0.2) is 4.39 Å². The number of aryl methyl sites for hydroxylation is 1. The summed E-state index contributed by atoms with van der Waals surface area (Å²) in [6.45, 7) is 5.81. The Morgan fingerprint density at radius 1 is 1.35 bits per heavy atom. The summed E-state index contributed by atoms with van der Waals surface area (Å²) in [5.41, 5.74) is 1.14. The molecule has 1 unspecified atom stereocenters. The number of pyridine rings is 1. The maximum Gasteiger partial charge on any atom is 0.263 e. The second-order valence-electron chi connectivity index (χ2n) is 6.91. The van der Waals surface area contributed by atoms with Gasteiger partial charge in [0.15, 0.2) is 0 Å². The van der Waals surface area contributed by atoms with E-state index in [4.69, 9.17) is 0 Å². The number of piperidine rings is 1. The summed E-state index contributed by atoms with van der Waals surface area (Å²) in [4.78, 5) is 25.6. The van der Waals surface area contributed by atoms with Crippen LogP contribution in [-0.2, 0) is 6.54 Å². The van der Waals surface area contributed by atoms with Crippen LogP contribution >= 0.6 is 0 Å². The lowest BCUT2D eigenvalue weighted by atomic mass is 9.99. The van der Waals surface area contributed by atoms with Crippen molar-refractivity contribution in [3.63, 3.8) is 0 Å². The number of halogens is 1. The molecule has 2 N–H and O–H groups in total. The van der Waals surface area contributed by atoms with Crippen LogP contribution in [0.15, 0.2) is 35.3 Å². The quantitative estimate of drug-likeness (QED) is 0.884. The number of hydrogen-bond donors (Lipinski definition) is 2. The van der Waals surface area contributed by atoms with Crippen LogP contribution in [0.25, 0.3) is 0 Å². The molecule has 2 heterocycles. The van der Waals surface area contributed by atoms with Crippen molar-refractivity contribution < 1.29 is 9.18 Å². The minimum absolute atomic E-state index is 0.111. The fourth-order valence-electron chi connectivity index (χ4n) is 3.37. The van der Waals surface area contributed by atoms with Gasteiger partial charge < -0.3 is 15.2 Å². The molecule has 1 saturated heterocycles. The number of rotatable bonds is 4. The van der Waals surface area contributed by atoms with Crippen molar-refractivity contribution in [1.29, 1.82) is 0 Å². The Balaban J connectivity index is 1.86. The first kappa shape index (κ1) is 18.3. The number of benzene rings is 1. The zero-order valence-electron chi connectivity index (χ0n) is 15.1. The molecule has 0 saturated carbocycles. The Kier molecular flexibility index (Phi) is 5.52. The normalized spacial score (nSPS) is 17.1. The van der Waals surface area contributed by atoms with Gasteiger partial charge in [0.2, 0.25) is 0 Å². The monoisotopic (exact) mass is 357 g/mol. The van der Waals surface area contributed by atoms with Gasteiger partial charge in [0.25, 0.3) is 11.5 Å². The van der Waals surface area contributed by atoms with E-state index in [2.05, 4.69) is 10.6 Å². The molecule has 26 heavy (non-hydrogen) atoms. The average Bonchev–Trinajstić information content (AvgIpc) is 2.62. The van der Waals surface area contributed by atoms with Crippen molar-refractivity contribution in [1.82, 2.24) is 9.88 Å². The van der Waals surface area contributed by atoms with E-state index in [1.165, 1.54) is 12.1 Å². The van der Waals surface area contributed by atoms with Crippen molar-refractivity contribution in [2.45, 2.75) is 33.2 Å². The van der Waals surface area contributed by atoms with Crippen LogP contribution in [0.5, 0.6) is 0 Å². The fourth-order valence-corrected chi connectivity index (χ4v) is 3.37. The molecule has 1 aromatic carbocycles. The molecular weight excluding hydrogens is 333 g/mol. The van der Waals surface area contributed by atoms with Gasteiger partial charge in [-0.05, 0) is 69.5 Å². The van der Waals surface area contributed by atoms with Crippen LogP contribution in [0.2, 0.25) is 0 Å². The molecule has 1 atom stereocenters. The van der Waals surface area contributed by atoms with Crippen LogP contribution in [0.1, 0.15) is 34.3 Å². The van der Waals surface area contributed by atoms with Crippen molar-refractivity contribution in [3.05, 3.63) is 63.3 Å². The van der Waals surface area contributed by atoms with Crippen molar-refractivity contribution in [2.24, 2.45) is 5.92 Å². The second kappa shape index (κ2) is 7.83. The lowest BCUT2D eigenvalue weighted by Gasteiger charge is -2.23. The predicted octanol–water partition coefficient (Wildman–Crippen LogP) is 2.86. The van der Waals surface area contributed by atoms with Gasteiger partial charge in [-0.2, -0.15) is 0 Å². The van der Waals surface area contributed by atoms with E-state index in [1.54, 1.807) is 36.7 Å². The Bertz CT molecular complexity index is 870. The summed E-state index contributed by atoms with van der Waals surface area (Å²) in [7, 11) is 0. The maximum atomic E-state index is 13.7. The molecular formula is C20H24FN3O2. The van der Waals surface area contributed by atoms with E-state index in [0.29, 0.717) is 29.3 Å². The number of nitrogens with one attached hydrogen (secondary N) is 2. The number of anilines is 1. The summed E-state index contributed by atoms with van der Waals surface area (Å²) in [5.74, 6) is -0.516. The largest absolute Gasteiger partial charge is 0.321 e. The van der Waals surface area contributed by atoms with Crippen LogP contribution < -0.4 is 16.2 Å². The van der Waals surface area contributed by atoms with Gasteiger partial charge in [0.05, 0.1) is 0 Å². The topological polar surface area (TPSA) is 63.1 Å². The van der Waals surface area contributed by atoms with Gasteiger partial charge >= 0.3 is 0 Å². The molecule has 6 heteroatoms. The van der Waals surface area contributed by atoms with E-state index < -0.39 is 11.7 Å². The second-order valence-corrected chi connectivity index (χ2v) is 6.91. The molecule has 1 amide bonds. The molecule has 0 radical (unpaired) electrons. The first-order chi connectivity index (χ1) is 12.5. The van der Waals surface area contributed by atoms with E-state index in [-0.39, 0.29) is 11.1 Å². The lowest BCUT2D eigenvalue weighted by Crippen LogP contribution is -2.36. The highest BCUT2D eigenvalue weighted by atomic mass is 19.1. The summed E-state index contributed by atoms with van der Waals surface area (Å²) >= 11 is 0. The van der Waals surface area contributed by atoms with Gasteiger partial charge in [-0.15, -0.1) is 0 Å². The molecule has 0 bridgehead atoms. The lowest BCUT2D eigenvalue weighted by molar-refractivity contribution is 0.102. The molecule has 1 aliphatic rings. The molecule has 1 fully saturated rings. The van der Waals surface area contributed by atoms with E-state index in [1.807, 2.05) is 0 Å². The fraction of sp³-hybridized carbons (Fsp3) is 0.400. The third-order valence-electron chi connectivity index (χ3n) is 4.97. The standard InChI is InChI=1S/C20H24FN3O2/c1-13-8-10-24(12-15-5-4-9-22-11-15)20(26)18(13)19(25)23-17-7-3-6-16(21)14(17)2/h3,6-8,10,15,22H,4-5,9,11-12H2,1-2H3,(H,23,25). The summed E-state index contributed by atoms with van der Waals surface area (Å²) in [6.07, 6.45) is 3.91. The Morgan fingerprint density at radius 2 is 2.15 bits per heavy atom. The summed E-state index contributed by atoms with van der Waals surface area (Å²) in [6, 6.07) is 6.28. The zero-order chi connectivity index (χ0) is 18.7. The molecule has 3 rings (SSSR count). The smallest absolute Gasteiger partial charge is 0.263 e. The first-order valence-electron chi connectivity index (χ1n) is 8.94. The SMILES string of the molecule is Cc1ccn(CC2CCCNC2)c(=O)c1C(=O)Nc1cccc(F)c1C. The average molecular weight is 357 g/mol. The van der Waals surface area contributed by atoms with Crippen LogP contribution in [-0.4, -0.2) is 23.6 Å². The molecule has 1 aromatic heterocycles. The zero-order valence-corrected chi connectivity index (χ0v) is 15.1. The van der Waals surface area contributed by atoms with Crippen LogP contribution in [0.4, 0.5) is 10.1 Å². The Labute approximate surface area is 152 Å². The van der Waals surface area contributed by atoms with Gasteiger partial charge in [-0.3, -0.25) is 9.59 Å². The van der Waals surface area contributed by atoms with Crippen molar-refractivity contribution >= 4 is 11.6 Å². The predicted molar refractivity (Wildman–Crippen MR) is 100 cm³/mol. The highest BCUT2D eigenvalue weighted by Gasteiger charge is 2.20. The molecule has 1 aliphatic heterocycles. The van der Waals surface area contributed by atoms with E-state index in [9.17, 15) is 14.0 Å². The third kappa shape index (κ3) is 3.85. The first-order valence-corrected chi connectivity index (χ1v) is 8.94. The summed E-state index contributed by atoms with van der Waals surface area (Å²) < 4.78 is 15.3. The minimum atomic E-state index is -0.502. The minimum Gasteiger partial charge on any atom is -0.321 e. The van der Waals surface area contributed by atoms with Gasteiger partial charge in [0, 0.05) is 24.0 Å². The highest BCUT2D eigenvalue weighted by Crippen LogP contribution is 2.19. The van der Waals surface area contributed by atoms with Crippen molar-refractivity contribution in [3.8, 4) is 0 Å². The maximum absolute atomic E-state index is 13.7. The van der Waals surface area contributed by atoms with Crippen LogP contribution in [0.3, 0.4) is 0 Å². The van der Waals surface area contributed by atoms with Crippen LogP contribution in [0, 0.1) is 25.6 Å². The molecule has 138 valence electrons. The highest BCUT2D eigenvalue weighted by molar-refractivity contribution is 6.05. The molecule has 0 aliphatic carbocycles. The number of hydrogen-bond acceptors (Lipinski definition) is 3. The third-order valence-corrected chi connectivity index (χ3v) is 4.97. The molecule has 5 nitrogen and oxygen atoms in total.